The molecule has 0 aliphatic rings. The highest BCUT2D eigenvalue weighted by Gasteiger charge is 2.18. The summed E-state index contributed by atoms with van der Waals surface area (Å²) >= 11 is 0. The van der Waals surface area contributed by atoms with Crippen molar-refractivity contribution in [3.05, 3.63) is 133 Å². The lowest BCUT2D eigenvalue weighted by Crippen LogP contribution is -2.01. The van der Waals surface area contributed by atoms with Gasteiger partial charge in [0.15, 0.2) is 0 Å². The Morgan fingerprint density at radius 3 is 1.09 bits per heavy atom. The van der Waals surface area contributed by atoms with Gasteiger partial charge in [-0.05, 0) is 96.8 Å². The highest BCUT2D eigenvalue weighted by Crippen LogP contribution is 2.28. The Bertz CT molecular complexity index is 1280. The Labute approximate surface area is 206 Å². The fourth-order valence-electron chi connectivity index (χ4n) is 3.50. The molecule has 35 heavy (non-hydrogen) atoms. The average Bonchev–Trinajstić information content (AvgIpc) is 2.87. The van der Waals surface area contributed by atoms with Gasteiger partial charge in [-0.3, -0.25) is 0 Å². The molecule has 0 amide bonds. The monoisotopic (exact) mass is 482 g/mol. The van der Waals surface area contributed by atoms with Crippen molar-refractivity contribution in [3.8, 4) is 23.0 Å². The predicted molar refractivity (Wildman–Crippen MR) is 139 cm³/mol. The van der Waals surface area contributed by atoms with Crippen LogP contribution in [0.5, 0.6) is 23.0 Å². The minimum absolute atomic E-state index is 0.192. The van der Waals surface area contributed by atoms with Gasteiger partial charge in [0.05, 0.1) is 9.79 Å². The molecule has 0 atom stereocenters. The Hall–Kier alpha value is -4.09. The second-order valence-electron chi connectivity index (χ2n) is 7.92. The van der Waals surface area contributed by atoms with Gasteiger partial charge >= 0.3 is 0 Å². The molecule has 5 heteroatoms. The van der Waals surface area contributed by atoms with Gasteiger partial charge in [-0.15, -0.1) is 13.2 Å². The van der Waals surface area contributed by atoms with Crippen molar-refractivity contribution < 1.29 is 17.9 Å². The maximum Gasteiger partial charge on any atom is 0.206 e. The molecular formula is C30H26O4S. The lowest BCUT2D eigenvalue weighted by atomic mass is 10.1. The largest absolute Gasteiger partial charge is 0.457 e. The summed E-state index contributed by atoms with van der Waals surface area (Å²) in [5.74, 6) is 2.48. The van der Waals surface area contributed by atoms with Gasteiger partial charge in [0, 0.05) is 0 Å². The van der Waals surface area contributed by atoms with E-state index in [1.807, 2.05) is 60.7 Å². The van der Waals surface area contributed by atoms with E-state index in [9.17, 15) is 8.42 Å². The summed E-state index contributed by atoms with van der Waals surface area (Å²) in [5.41, 5.74) is 2.29. The van der Waals surface area contributed by atoms with Gasteiger partial charge in [-0.25, -0.2) is 8.42 Å². The first kappa shape index (κ1) is 24.0. The molecular weight excluding hydrogens is 456 g/mol. The summed E-state index contributed by atoms with van der Waals surface area (Å²) in [7, 11) is -3.67. The van der Waals surface area contributed by atoms with Gasteiger partial charge in [0.1, 0.15) is 23.0 Å². The van der Waals surface area contributed by atoms with E-state index in [0.29, 0.717) is 23.0 Å². The molecule has 4 aromatic carbocycles. The van der Waals surface area contributed by atoms with Gasteiger partial charge in [0.25, 0.3) is 0 Å². The molecule has 0 spiro atoms. The van der Waals surface area contributed by atoms with Gasteiger partial charge < -0.3 is 9.47 Å². The normalized spacial score (nSPS) is 11.0. The molecule has 0 saturated heterocycles. The Morgan fingerprint density at radius 1 is 0.514 bits per heavy atom. The van der Waals surface area contributed by atoms with E-state index >= 15 is 0 Å². The number of sulfone groups is 1. The zero-order valence-electron chi connectivity index (χ0n) is 19.3. The number of hydrogen-bond donors (Lipinski definition) is 0. The Kier molecular flexibility index (Phi) is 7.48. The van der Waals surface area contributed by atoms with Crippen LogP contribution in [0.15, 0.2) is 132 Å². The van der Waals surface area contributed by atoms with Crippen LogP contribution in [0.2, 0.25) is 0 Å². The lowest BCUT2D eigenvalue weighted by Gasteiger charge is -2.10. The van der Waals surface area contributed by atoms with E-state index in [2.05, 4.69) is 13.2 Å². The van der Waals surface area contributed by atoms with Crippen molar-refractivity contribution in [1.82, 2.24) is 0 Å². The molecule has 0 fully saturated rings. The third kappa shape index (κ3) is 6.08. The summed E-state index contributed by atoms with van der Waals surface area (Å²) in [6.45, 7) is 7.47. The lowest BCUT2D eigenvalue weighted by molar-refractivity contribution is 0.482. The standard InChI is InChI=1S/C30H26O4S/c1-3-5-23-7-11-25(12-8-23)33-27-15-19-29(20-16-27)35(31,32)30-21-17-28(18-22-30)34-26-13-9-24(6-4-2)10-14-26/h3-4,7-22H,1-2,5-6H2. The van der Waals surface area contributed by atoms with Crippen LogP contribution < -0.4 is 9.47 Å². The number of ether oxygens (including phenoxy) is 2. The van der Waals surface area contributed by atoms with Crippen molar-refractivity contribution in [3.63, 3.8) is 0 Å². The Morgan fingerprint density at radius 2 is 0.800 bits per heavy atom. The van der Waals surface area contributed by atoms with Gasteiger partial charge in [-0.1, -0.05) is 36.4 Å². The van der Waals surface area contributed by atoms with E-state index in [1.54, 1.807) is 48.5 Å². The third-order valence-corrected chi connectivity index (χ3v) is 7.13. The third-order valence-electron chi connectivity index (χ3n) is 5.35. The summed E-state index contributed by atoms with van der Waals surface area (Å²) < 4.78 is 37.8. The number of benzene rings is 4. The van der Waals surface area contributed by atoms with Crippen LogP contribution in [0.1, 0.15) is 11.1 Å². The molecule has 4 aromatic rings. The van der Waals surface area contributed by atoms with Gasteiger partial charge in [0.2, 0.25) is 9.84 Å². The molecule has 0 bridgehead atoms. The second kappa shape index (κ2) is 10.9. The van der Waals surface area contributed by atoms with E-state index < -0.39 is 9.84 Å². The molecule has 4 rings (SSSR count). The zero-order chi connectivity index (χ0) is 24.7. The first-order valence-electron chi connectivity index (χ1n) is 11.2. The van der Waals surface area contributed by atoms with Crippen LogP contribution in [0, 0.1) is 0 Å². The molecule has 0 aliphatic carbocycles. The van der Waals surface area contributed by atoms with Crippen molar-refractivity contribution in [2.45, 2.75) is 22.6 Å². The SMILES string of the molecule is C=CCc1ccc(Oc2ccc(S(=O)(=O)c3ccc(Oc4ccc(CC=C)cc4)cc3)cc2)cc1. The molecule has 0 heterocycles. The average molecular weight is 483 g/mol. The highest BCUT2D eigenvalue weighted by atomic mass is 32.2. The van der Waals surface area contributed by atoms with E-state index in [1.165, 1.54) is 0 Å². The van der Waals surface area contributed by atoms with Crippen LogP contribution in [-0.2, 0) is 22.7 Å². The fourth-order valence-corrected chi connectivity index (χ4v) is 4.76. The van der Waals surface area contributed by atoms with Crippen LogP contribution in [-0.4, -0.2) is 8.42 Å². The molecule has 0 unspecified atom stereocenters. The van der Waals surface area contributed by atoms with Crippen LogP contribution in [0.4, 0.5) is 0 Å². The second-order valence-corrected chi connectivity index (χ2v) is 9.87. The van der Waals surface area contributed by atoms with Crippen LogP contribution >= 0.6 is 0 Å². The summed E-state index contributed by atoms with van der Waals surface area (Å²) in [5, 5.41) is 0. The van der Waals surface area contributed by atoms with Gasteiger partial charge in [-0.2, -0.15) is 0 Å². The molecule has 0 aromatic heterocycles. The molecule has 0 saturated carbocycles. The molecule has 0 radical (unpaired) electrons. The predicted octanol–water partition coefficient (Wildman–Crippen LogP) is 7.56. The smallest absolute Gasteiger partial charge is 0.206 e. The quantitative estimate of drug-likeness (QED) is 0.219. The fraction of sp³-hybridized carbons (Fsp3) is 0.0667. The number of allylic oxidation sites excluding steroid dienone is 2. The van der Waals surface area contributed by atoms with Crippen molar-refractivity contribution in [2.24, 2.45) is 0 Å². The van der Waals surface area contributed by atoms with Crippen molar-refractivity contribution in [2.75, 3.05) is 0 Å². The molecule has 176 valence electrons. The van der Waals surface area contributed by atoms with Crippen molar-refractivity contribution in [1.29, 1.82) is 0 Å². The number of hydrogen-bond acceptors (Lipinski definition) is 4. The first-order valence-corrected chi connectivity index (χ1v) is 12.7. The molecule has 4 nitrogen and oxygen atoms in total. The van der Waals surface area contributed by atoms with E-state index in [0.717, 1.165) is 24.0 Å². The van der Waals surface area contributed by atoms with E-state index in [4.69, 9.17) is 9.47 Å². The minimum Gasteiger partial charge on any atom is -0.457 e. The molecule has 0 aliphatic heterocycles. The number of rotatable bonds is 10. The summed E-state index contributed by atoms with van der Waals surface area (Å²) in [6.07, 6.45) is 5.28. The maximum atomic E-state index is 13.1. The van der Waals surface area contributed by atoms with Crippen LogP contribution in [0.3, 0.4) is 0 Å². The van der Waals surface area contributed by atoms with Crippen molar-refractivity contribution >= 4 is 9.84 Å². The van der Waals surface area contributed by atoms with E-state index in [-0.39, 0.29) is 9.79 Å². The van der Waals surface area contributed by atoms with Crippen LogP contribution in [0.25, 0.3) is 0 Å². The first-order chi connectivity index (χ1) is 17.0. The maximum absolute atomic E-state index is 13.1. The Balaban J connectivity index is 1.42. The minimum atomic E-state index is -3.67. The molecule has 0 N–H and O–H groups in total. The highest BCUT2D eigenvalue weighted by molar-refractivity contribution is 7.91. The summed E-state index contributed by atoms with van der Waals surface area (Å²) in [6, 6.07) is 28.2. The zero-order valence-corrected chi connectivity index (χ0v) is 20.1. The topological polar surface area (TPSA) is 52.6 Å². The summed E-state index contributed by atoms with van der Waals surface area (Å²) in [4.78, 5) is 0.385.